The van der Waals surface area contributed by atoms with Crippen LogP contribution in [-0.4, -0.2) is 35.0 Å². The van der Waals surface area contributed by atoms with E-state index >= 15 is 0 Å². The number of rotatable bonds is 2. The zero-order valence-corrected chi connectivity index (χ0v) is 12.6. The van der Waals surface area contributed by atoms with Crippen molar-refractivity contribution in [2.75, 3.05) is 14.1 Å². The quantitative estimate of drug-likeness (QED) is 0.816. The number of hydrogen-bond acceptors (Lipinski definition) is 3. The Morgan fingerprint density at radius 3 is 2.42 bits per heavy atom. The first-order valence-corrected chi connectivity index (χ1v) is 8.07. The van der Waals surface area contributed by atoms with E-state index in [1.807, 2.05) is 0 Å². The highest BCUT2D eigenvalue weighted by molar-refractivity contribution is 8.02. The molecule has 0 aromatic heterocycles. The summed E-state index contributed by atoms with van der Waals surface area (Å²) in [6.07, 6.45) is 6.65. The van der Waals surface area contributed by atoms with Crippen LogP contribution in [0, 0.1) is 0 Å². The molecule has 2 aliphatic rings. The Kier molecular flexibility index (Phi) is 3.68. The van der Waals surface area contributed by atoms with Gasteiger partial charge in [0.15, 0.2) is 0 Å². The minimum atomic E-state index is 0.272. The van der Waals surface area contributed by atoms with Crippen LogP contribution in [0.4, 0.5) is 0 Å². The highest BCUT2D eigenvalue weighted by Crippen LogP contribution is 2.49. The normalized spacial score (nSPS) is 25.8. The first-order chi connectivity index (χ1) is 9.21. The molecule has 0 amide bonds. The lowest BCUT2D eigenvalue weighted by molar-refractivity contribution is 0.394. The highest BCUT2D eigenvalue weighted by atomic mass is 32.2. The first-order valence-electron chi connectivity index (χ1n) is 7.19. The monoisotopic (exact) mass is 274 g/mol. The minimum absolute atomic E-state index is 0.272. The molecular formula is C16H22N2S. The number of thioether (sulfide) groups is 1. The van der Waals surface area contributed by atoms with Crippen LogP contribution in [-0.2, 0) is 0 Å². The van der Waals surface area contributed by atoms with Gasteiger partial charge in [-0.05, 0) is 32.5 Å². The Labute approximate surface area is 120 Å². The molecule has 3 heteroatoms. The van der Waals surface area contributed by atoms with E-state index in [1.165, 1.54) is 43.4 Å². The van der Waals surface area contributed by atoms with Crippen molar-refractivity contribution in [1.82, 2.24) is 4.90 Å². The number of nitrogens with zero attached hydrogens (tertiary/aromatic N) is 2. The van der Waals surface area contributed by atoms with Gasteiger partial charge in [-0.25, -0.2) is 0 Å². The van der Waals surface area contributed by atoms with E-state index in [-0.39, 0.29) is 10.2 Å². The molecular weight excluding hydrogens is 252 g/mol. The summed E-state index contributed by atoms with van der Waals surface area (Å²) in [5.74, 6) is 0. The van der Waals surface area contributed by atoms with Crippen molar-refractivity contribution in [1.29, 1.82) is 0 Å². The molecule has 1 heterocycles. The second-order valence-electron chi connectivity index (χ2n) is 5.81. The van der Waals surface area contributed by atoms with Gasteiger partial charge in [0.25, 0.3) is 0 Å². The topological polar surface area (TPSA) is 15.6 Å². The number of benzene rings is 1. The molecule has 1 aromatic carbocycles. The van der Waals surface area contributed by atoms with Crippen LogP contribution in [0.15, 0.2) is 35.3 Å². The van der Waals surface area contributed by atoms with Crippen LogP contribution < -0.4 is 0 Å². The van der Waals surface area contributed by atoms with E-state index < -0.39 is 0 Å². The lowest BCUT2D eigenvalue weighted by Crippen LogP contribution is -2.36. The molecule has 1 unspecified atom stereocenters. The SMILES string of the molecule is CN(C)C1N=C(c2ccccc2)C2(CCCCC2)S1. The maximum Gasteiger partial charge on any atom is 0.150 e. The van der Waals surface area contributed by atoms with Crippen molar-refractivity contribution in [3.05, 3.63) is 35.9 Å². The summed E-state index contributed by atoms with van der Waals surface area (Å²) in [5, 5.41) is 0. The van der Waals surface area contributed by atoms with Gasteiger partial charge in [-0.1, -0.05) is 49.6 Å². The van der Waals surface area contributed by atoms with Crippen molar-refractivity contribution in [3.63, 3.8) is 0 Å². The van der Waals surface area contributed by atoms with Gasteiger partial charge >= 0.3 is 0 Å². The largest absolute Gasteiger partial charge is 0.280 e. The van der Waals surface area contributed by atoms with Gasteiger partial charge in [0.2, 0.25) is 0 Å². The summed E-state index contributed by atoms with van der Waals surface area (Å²) in [5.41, 5.74) is 2.95. The lowest BCUT2D eigenvalue weighted by Gasteiger charge is -2.34. The fraction of sp³-hybridized carbons (Fsp3) is 0.562. The van der Waals surface area contributed by atoms with Crippen molar-refractivity contribution < 1.29 is 0 Å². The third-order valence-corrected chi connectivity index (χ3v) is 5.94. The van der Waals surface area contributed by atoms with E-state index in [1.54, 1.807) is 0 Å². The summed E-state index contributed by atoms with van der Waals surface area (Å²) in [4.78, 5) is 7.27. The van der Waals surface area contributed by atoms with E-state index in [2.05, 4.69) is 61.1 Å². The molecule has 3 rings (SSSR count). The average Bonchev–Trinajstić information content (AvgIpc) is 2.80. The molecule has 0 bridgehead atoms. The summed E-state index contributed by atoms with van der Waals surface area (Å²) in [7, 11) is 4.26. The standard InChI is InChI=1S/C16H22N2S/c1-18(2)15-17-14(13-9-5-3-6-10-13)16(19-15)11-7-4-8-12-16/h3,5-6,9-10,15H,4,7-8,11-12H2,1-2H3. The molecule has 1 fully saturated rings. The van der Waals surface area contributed by atoms with E-state index in [0.717, 1.165) is 0 Å². The number of aliphatic imine (C=N–C) groups is 1. The fourth-order valence-electron chi connectivity index (χ4n) is 3.14. The van der Waals surface area contributed by atoms with Gasteiger partial charge in [0.05, 0.1) is 10.5 Å². The Morgan fingerprint density at radius 1 is 1.11 bits per heavy atom. The Hall–Kier alpha value is -0.800. The second kappa shape index (κ2) is 5.29. The Bertz CT molecular complexity index is 461. The molecule has 102 valence electrons. The smallest absolute Gasteiger partial charge is 0.150 e. The van der Waals surface area contributed by atoms with Crippen LogP contribution >= 0.6 is 11.8 Å². The van der Waals surface area contributed by atoms with Crippen LogP contribution in [0.3, 0.4) is 0 Å². The maximum atomic E-state index is 5.04. The number of hydrogen-bond donors (Lipinski definition) is 0. The van der Waals surface area contributed by atoms with Gasteiger partial charge in [-0.2, -0.15) is 0 Å². The van der Waals surface area contributed by atoms with Gasteiger partial charge < -0.3 is 0 Å². The molecule has 19 heavy (non-hydrogen) atoms. The molecule has 1 aliphatic heterocycles. The zero-order chi connectivity index (χ0) is 13.3. The van der Waals surface area contributed by atoms with Crippen LogP contribution in [0.2, 0.25) is 0 Å². The Balaban J connectivity index is 1.98. The third-order valence-electron chi connectivity index (χ3n) is 4.15. The zero-order valence-electron chi connectivity index (χ0n) is 11.8. The van der Waals surface area contributed by atoms with Crippen molar-refractivity contribution in [3.8, 4) is 0 Å². The van der Waals surface area contributed by atoms with Gasteiger partial charge in [-0.3, -0.25) is 9.89 Å². The van der Waals surface area contributed by atoms with Gasteiger partial charge in [0.1, 0.15) is 5.50 Å². The minimum Gasteiger partial charge on any atom is -0.280 e. The predicted molar refractivity (Wildman–Crippen MR) is 83.9 cm³/mol. The molecule has 1 aliphatic carbocycles. The molecule has 1 spiro atoms. The van der Waals surface area contributed by atoms with Crippen molar-refractivity contribution in [2.24, 2.45) is 4.99 Å². The molecule has 1 saturated carbocycles. The molecule has 2 nitrogen and oxygen atoms in total. The lowest BCUT2D eigenvalue weighted by atomic mass is 9.82. The highest BCUT2D eigenvalue weighted by Gasteiger charge is 2.45. The van der Waals surface area contributed by atoms with Gasteiger partial charge in [-0.15, -0.1) is 11.8 Å². The van der Waals surface area contributed by atoms with Crippen molar-refractivity contribution in [2.45, 2.75) is 42.3 Å². The van der Waals surface area contributed by atoms with Gasteiger partial charge in [0, 0.05) is 0 Å². The third kappa shape index (κ3) is 2.46. The summed E-state index contributed by atoms with van der Waals surface area (Å²) in [6, 6.07) is 10.8. The summed E-state index contributed by atoms with van der Waals surface area (Å²) in [6.45, 7) is 0. The second-order valence-corrected chi connectivity index (χ2v) is 7.25. The summed E-state index contributed by atoms with van der Waals surface area (Å²) >= 11 is 2.07. The average molecular weight is 274 g/mol. The Morgan fingerprint density at radius 2 is 1.79 bits per heavy atom. The molecule has 1 aromatic rings. The van der Waals surface area contributed by atoms with Crippen molar-refractivity contribution >= 4 is 17.5 Å². The fourth-order valence-corrected chi connectivity index (χ4v) is 4.72. The predicted octanol–water partition coefficient (Wildman–Crippen LogP) is 3.77. The van der Waals surface area contributed by atoms with E-state index in [9.17, 15) is 0 Å². The molecule has 0 radical (unpaired) electrons. The maximum absolute atomic E-state index is 5.04. The first kappa shape index (κ1) is 13.2. The molecule has 0 saturated heterocycles. The van der Waals surface area contributed by atoms with Crippen LogP contribution in [0.1, 0.15) is 37.7 Å². The molecule has 0 N–H and O–H groups in total. The van der Waals surface area contributed by atoms with Crippen LogP contribution in [0.5, 0.6) is 0 Å². The summed E-state index contributed by atoms with van der Waals surface area (Å²) < 4.78 is 0.272. The van der Waals surface area contributed by atoms with Crippen LogP contribution in [0.25, 0.3) is 0 Å². The van der Waals surface area contributed by atoms with E-state index in [0.29, 0.717) is 0 Å². The molecule has 1 atom stereocenters. The van der Waals surface area contributed by atoms with E-state index in [4.69, 9.17) is 4.99 Å².